The number of ether oxygens (including phenoxy) is 1. The fraction of sp³-hybridized carbons (Fsp3) is 0.474. The van der Waals surface area contributed by atoms with E-state index in [1.807, 2.05) is 4.90 Å². The Morgan fingerprint density at radius 3 is 2.93 bits per heavy atom. The lowest BCUT2D eigenvalue weighted by molar-refractivity contribution is 0.0296. The van der Waals surface area contributed by atoms with Gasteiger partial charge in [0.25, 0.3) is 0 Å². The second-order valence-electron chi connectivity index (χ2n) is 6.92. The summed E-state index contributed by atoms with van der Waals surface area (Å²) in [5.74, 6) is 0.393. The van der Waals surface area contributed by atoms with E-state index in [1.165, 1.54) is 12.1 Å². The number of halogens is 1. The number of benzene rings is 1. The van der Waals surface area contributed by atoms with Gasteiger partial charge in [-0.1, -0.05) is 17.3 Å². The van der Waals surface area contributed by atoms with E-state index >= 15 is 0 Å². The summed E-state index contributed by atoms with van der Waals surface area (Å²) in [6.07, 6.45) is 1.99. The number of rotatable bonds is 4. The van der Waals surface area contributed by atoms with E-state index in [4.69, 9.17) is 9.26 Å². The number of hydrogen-bond acceptors (Lipinski definition) is 5. The van der Waals surface area contributed by atoms with Gasteiger partial charge in [0.15, 0.2) is 11.6 Å². The van der Waals surface area contributed by atoms with Crippen molar-refractivity contribution in [3.63, 3.8) is 0 Å². The first-order valence-corrected chi connectivity index (χ1v) is 9.29. The molecule has 144 valence electrons. The molecule has 2 saturated heterocycles. The Kier molecular flexibility index (Phi) is 5.35. The van der Waals surface area contributed by atoms with Crippen molar-refractivity contribution in [2.75, 3.05) is 44.7 Å². The molecule has 3 heterocycles. The number of morpholine rings is 1. The zero-order valence-electron chi connectivity index (χ0n) is 15.1. The average molecular weight is 374 g/mol. The minimum Gasteiger partial charge on any atom is -0.379 e. The Balaban J connectivity index is 1.38. The largest absolute Gasteiger partial charge is 0.379 e. The van der Waals surface area contributed by atoms with Crippen molar-refractivity contribution in [3.05, 3.63) is 36.1 Å². The molecule has 4 rings (SSSR count). The second-order valence-corrected chi connectivity index (χ2v) is 6.92. The molecule has 8 heteroatoms. The SMILES string of the molecule is O=C(Nc1cc(-c2cccc(F)c2)on1)N1CCC[C@@H]1CN1CCOCC1. The summed E-state index contributed by atoms with van der Waals surface area (Å²) in [6.45, 7) is 4.92. The lowest BCUT2D eigenvalue weighted by Crippen LogP contribution is -2.47. The third-order valence-corrected chi connectivity index (χ3v) is 5.06. The van der Waals surface area contributed by atoms with E-state index in [-0.39, 0.29) is 17.9 Å². The summed E-state index contributed by atoms with van der Waals surface area (Å²) in [5, 5.41) is 6.69. The number of likely N-dealkylation sites (tertiary alicyclic amines) is 1. The van der Waals surface area contributed by atoms with E-state index in [1.54, 1.807) is 18.2 Å². The molecule has 0 spiro atoms. The predicted molar refractivity (Wildman–Crippen MR) is 97.9 cm³/mol. The summed E-state index contributed by atoms with van der Waals surface area (Å²) >= 11 is 0. The Morgan fingerprint density at radius 1 is 1.26 bits per heavy atom. The molecule has 2 aromatic rings. The van der Waals surface area contributed by atoms with Crippen LogP contribution in [0.25, 0.3) is 11.3 Å². The third kappa shape index (κ3) is 4.28. The van der Waals surface area contributed by atoms with Gasteiger partial charge in [-0.2, -0.15) is 0 Å². The molecule has 2 fully saturated rings. The molecule has 1 aromatic carbocycles. The molecule has 0 aliphatic carbocycles. The molecule has 0 unspecified atom stereocenters. The molecular formula is C19H23FN4O3. The number of hydrogen-bond donors (Lipinski definition) is 1. The highest BCUT2D eigenvalue weighted by Gasteiger charge is 2.31. The van der Waals surface area contributed by atoms with Gasteiger partial charge < -0.3 is 14.2 Å². The van der Waals surface area contributed by atoms with Crippen LogP contribution in [0.5, 0.6) is 0 Å². The maximum absolute atomic E-state index is 13.4. The number of urea groups is 1. The first kappa shape index (κ1) is 17.9. The highest BCUT2D eigenvalue weighted by atomic mass is 19.1. The summed E-state index contributed by atoms with van der Waals surface area (Å²) in [5.41, 5.74) is 0.578. The maximum atomic E-state index is 13.4. The Hall–Kier alpha value is -2.45. The smallest absolute Gasteiger partial charge is 0.323 e. The third-order valence-electron chi connectivity index (χ3n) is 5.06. The number of nitrogens with zero attached hydrogens (tertiary/aromatic N) is 3. The van der Waals surface area contributed by atoms with Crippen molar-refractivity contribution in [2.45, 2.75) is 18.9 Å². The van der Waals surface area contributed by atoms with Gasteiger partial charge in [-0.3, -0.25) is 10.2 Å². The Bertz CT molecular complexity index is 791. The summed E-state index contributed by atoms with van der Waals surface area (Å²) in [4.78, 5) is 16.9. The van der Waals surface area contributed by atoms with Gasteiger partial charge >= 0.3 is 6.03 Å². The molecule has 1 aromatic heterocycles. The van der Waals surface area contributed by atoms with Crippen LogP contribution in [-0.2, 0) is 4.74 Å². The van der Waals surface area contributed by atoms with Crippen LogP contribution in [-0.4, -0.2) is 66.4 Å². The van der Waals surface area contributed by atoms with Crippen molar-refractivity contribution in [1.29, 1.82) is 0 Å². The van der Waals surface area contributed by atoms with Crippen LogP contribution in [0.1, 0.15) is 12.8 Å². The minimum absolute atomic E-state index is 0.176. The molecule has 2 aliphatic rings. The summed E-state index contributed by atoms with van der Waals surface area (Å²) in [7, 11) is 0. The predicted octanol–water partition coefficient (Wildman–Crippen LogP) is 2.81. The van der Waals surface area contributed by atoms with Crippen LogP contribution in [0.4, 0.5) is 15.0 Å². The van der Waals surface area contributed by atoms with Crippen LogP contribution >= 0.6 is 0 Å². The molecule has 1 atom stereocenters. The normalized spacial score (nSPS) is 20.8. The van der Waals surface area contributed by atoms with Crippen LogP contribution in [0.2, 0.25) is 0 Å². The summed E-state index contributed by atoms with van der Waals surface area (Å²) < 4.78 is 24.0. The highest BCUT2D eigenvalue weighted by molar-refractivity contribution is 5.89. The molecule has 1 N–H and O–H groups in total. The highest BCUT2D eigenvalue weighted by Crippen LogP contribution is 2.24. The van der Waals surface area contributed by atoms with Crippen molar-refractivity contribution < 1.29 is 18.4 Å². The number of nitrogens with one attached hydrogen (secondary N) is 1. The Labute approximate surface area is 157 Å². The maximum Gasteiger partial charge on any atom is 0.323 e. The zero-order chi connectivity index (χ0) is 18.6. The molecular weight excluding hydrogens is 351 g/mol. The quantitative estimate of drug-likeness (QED) is 0.891. The monoisotopic (exact) mass is 374 g/mol. The van der Waals surface area contributed by atoms with Gasteiger partial charge in [0.1, 0.15) is 5.82 Å². The van der Waals surface area contributed by atoms with E-state index < -0.39 is 0 Å². The van der Waals surface area contributed by atoms with E-state index in [0.29, 0.717) is 17.1 Å². The van der Waals surface area contributed by atoms with Gasteiger partial charge in [-0.25, -0.2) is 9.18 Å². The fourth-order valence-electron chi connectivity index (χ4n) is 3.67. The number of carbonyl (C=O) groups is 1. The van der Waals surface area contributed by atoms with E-state index in [9.17, 15) is 9.18 Å². The standard InChI is InChI=1S/C19H23FN4O3/c20-15-4-1-3-14(11-15)17-12-18(22-27-17)21-19(25)24-6-2-5-16(24)13-23-7-9-26-10-8-23/h1,3-4,11-12,16H,2,5-10,13H2,(H,21,22,25)/t16-/m1/s1. The lowest BCUT2D eigenvalue weighted by Gasteiger charge is -2.32. The van der Waals surface area contributed by atoms with E-state index in [2.05, 4.69) is 15.4 Å². The van der Waals surface area contributed by atoms with Crippen molar-refractivity contribution in [3.8, 4) is 11.3 Å². The number of aromatic nitrogens is 1. The van der Waals surface area contributed by atoms with Gasteiger partial charge in [0.2, 0.25) is 0 Å². The minimum atomic E-state index is -0.350. The molecule has 0 saturated carbocycles. The average Bonchev–Trinajstić information content (AvgIpc) is 3.32. The molecule has 2 aliphatic heterocycles. The Morgan fingerprint density at radius 2 is 2.11 bits per heavy atom. The molecule has 2 amide bonds. The van der Waals surface area contributed by atoms with Crippen molar-refractivity contribution in [2.24, 2.45) is 0 Å². The topological polar surface area (TPSA) is 70.8 Å². The van der Waals surface area contributed by atoms with Gasteiger partial charge in [0.05, 0.1) is 13.2 Å². The van der Waals surface area contributed by atoms with Crippen molar-refractivity contribution in [1.82, 2.24) is 15.0 Å². The first-order valence-electron chi connectivity index (χ1n) is 9.29. The molecule has 0 bridgehead atoms. The van der Waals surface area contributed by atoms with Gasteiger partial charge in [-0.05, 0) is 25.0 Å². The second kappa shape index (κ2) is 8.06. The van der Waals surface area contributed by atoms with Crippen molar-refractivity contribution >= 4 is 11.8 Å². The lowest BCUT2D eigenvalue weighted by atomic mass is 10.2. The van der Waals surface area contributed by atoms with Crippen LogP contribution in [0.15, 0.2) is 34.9 Å². The number of amides is 2. The van der Waals surface area contributed by atoms with Gasteiger partial charge in [-0.15, -0.1) is 0 Å². The number of anilines is 1. The first-order chi connectivity index (χ1) is 13.2. The summed E-state index contributed by atoms with van der Waals surface area (Å²) in [6, 6.07) is 7.69. The molecule has 0 radical (unpaired) electrons. The van der Waals surface area contributed by atoms with Crippen LogP contribution in [0, 0.1) is 5.82 Å². The van der Waals surface area contributed by atoms with Crippen LogP contribution < -0.4 is 5.32 Å². The molecule has 7 nitrogen and oxygen atoms in total. The molecule has 27 heavy (non-hydrogen) atoms. The van der Waals surface area contributed by atoms with Gasteiger partial charge in [0, 0.05) is 43.9 Å². The number of carbonyl (C=O) groups excluding carboxylic acids is 1. The van der Waals surface area contributed by atoms with E-state index in [0.717, 1.165) is 52.2 Å². The zero-order valence-corrected chi connectivity index (χ0v) is 15.1. The van der Waals surface area contributed by atoms with Crippen LogP contribution in [0.3, 0.4) is 0 Å². The fourth-order valence-corrected chi connectivity index (χ4v) is 3.67.